The van der Waals surface area contributed by atoms with Gasteiger partial charge in [-0.1, -0.05) is 5.92 Å². The Morgan fingerprint density at radius 3 is 2.80 bits per heavy atom. The Bertz CT molecular complexity index is 453. The largest absolute Gasteiger partial charge is 0.281 e. The van der Waals surface area contributed by atoms with Crippen molar-refractivity contribution in [2.75, 3.05) is 0 Å². The molecule has 0 saturated carbocycles. The molecule has 2 heterocycles. The van der Waals surface area contributed by atoms with Crippen LogP contribution in [0.1, 0.15) is 27.8 Å². The van der Waals surface area contributed by atoms with Crippen molar-refractivity contribution in [2.45, 2.75) is 13.0 Å². The molecule has 0 saturated heterocycles. The number of carbonyl (C=O) groups is 2. The molecule has 2 rings (SSSR count). The summed E-state index contributed by atoms with van der Waals surface area (Å²) < 4.78 is 0. The number of fused-ring (bicyclic) bond motifs is 1. The minimum absolute atomic E-state index is 0.185. The van der Waals surface area contributed by atoms with Crippen LogP contribution in [0.15, 0.2) is 18.3 Å². The number of terminal acetylenes is 1. The molecule has 0 spiro atoms. The zero-order chi connectivity index (χ0) is 11.0. The predicted molar refractivity (Wildman–Crippen MR) is 53.0 cm³/mol. The van der Waals surface area contributed by atoms with Crippen LogP contribution in [0.2, 0.25) is 0 Å². The Labute approximate surface area is 86.9 Å². The third kappa shape index (κ3) is 1.21. The smallest absolute Gasteiger partial charge is 0.268 e. The van der Waals surface area contributed by atoms with Crippen LogP contribution in [0.4, 0.5) is 0 Å². The molecule has 1 unspecified atom stereocenters. The van der Waals surface area contributed by atoms with E-state index in [2.05, 4.69) is 10.9 Å². The fourth-order valence-corrected chi connectivity index (χ4v) is 1.51. The monoisotopic (exact) mass is 200 g/mol. The van der Waals surface area contributed by atoms with Crippen molar-refractivity contribution in [3.8, 4) is 12.3 Å². The average molecular weight is 200 g/mol. The van der Waals surface area contributed by atoms with Crippen molar-refractivity contribution in [1.29, 1.82) is 0 Å². The van der Waals surface area contributed by atoms with E-state index in [0.29, 0.717) is 5.56 Å². The summed E-state index contributed by atoms with van der Waals surface area (Å²) in [7, 11) is 0. The first kappa shape index (κ1) is 9.41. The highest BCUT2D eigenvalue weighted by molar-refractivity contribution is 6.20. The topological polar surface area (TPSA) is 50.3 Å². The highest BCUT2D eigenvalue weighted by Gasteiger charge is 2.38. The fraction of sp³-hybridized carbons (Fsp3) is 0.182. The number of imide groups is 1. The normalized spacial score (nSPS) is 16.1. The van der Waals surface area contributed by atoms with Crippen molar-refractivity contribution in [3.05, 3.63) is 29.6 Å². The highest BCUT2D eigenvalue weighted by Crippen LogP contribution is 2.22. The first-order valence-corrected chi connectivity index (χ1v) is 4.46. The molecule has 4 heteroatoms. The molecule has 15 heavy (non-hydrogen) atoms. The third-order valence-corrected chi connectivity index (χ3v) is 2.31. The van der Waals surface area contributed by atoms with E-state index in [1.54, 1.807) is 19.1 Å². The Hall–Kier alpha value is -2.15. The summed E-state index contributed by atoms with van der Waals surface area (Å²) >= 11 is 0. The first-order valence-electron chi connectivity index (χ1n) is 4.46. The van der Waals surface area contributed by atoms with Gasteiger partial charge in [0.15, 0.2) is 0 Å². The van der Waals surface area contributed by atoms with Gasteiger partial charge in [-0.25, -0.2) is 0 Å². The Morgan fingerprint density at radius 1 is 1.47 bits per heavy atom. The van der Waals surface area contributed by atoms with E-state index >= 15 is 0 Å². The second-order valence-electron chi connectivity index (χ2n) is 3.22. The highest BCUT2D eigenvalue weighted by atomic mass is 16.2. The first-order chi connectivity index (χ1) is 7.16. The van der Waals surface area contributed by atoms with E-state index in [0.717, 1.165) is 4.90 Å². The van der Waals surface area contributed by atoms with Gasteiger partial charge < -0.3 is 0 Å². The maximum absolute atomic E-state index is 11.8. The summed E-state index contributed by atoms with van der Waals surface area (Å²) in [6.45, 7) is 1.63. The van der Waals surface area contributed by atoms with Crippen LogP contribution in [-0.4, -0.2) is 27.7 Å². The molecule has 0 fully saturated rings. The van der Waals surface area contributed by atoms with E-state index in [9.17, 15) is 9.59 Å². The Kier molecular flexibility index (Phi) is 2.01. The summed E-state index contributed by atoms with van der Waals surface area (Å²) in [6, 6.07) is 2.65. The number of rotatable bonds is 1. The zero-order valence-electron chi connectivity index (χ0n) is 8.10. The molecule has 0 aromatic carbocycles. The van der Waals surface area contributed by atoms with Gasteiger partial charge in [-0.3, -0.25) is 19.5 Å². The number of aromatic nitrogens is 1. The van der Waals surface area contributed by atoms with Gasteiger partial charge in [0.25, 0.3) is 11.8 Å². The molecule has 74 valence electrons. The number of carbonyl (C=O) groups excluding carboxylic acids is 2. The van der Waals surface area contributed by atoms with Crippen LogP contribution in [0, 0.1) is 12.3 Å². The van der Waals surface area contributed by atoms with Gasteiger partial charge in [0.05, 0.1) is 11.6 Å². The molecule has 0 N–H and O–H groups in total. The summed E-state index contributed by atoms with van der Waals surface area (Å²) in [5.74, 6) is 1.58. The zero-order valence-corrected chi connectivity index (χ0v) is 8.10. The van der Waals surface area contributed by atoms with Crippen molar-refractivity contribution in [1.82, 2.24) is 9.88 Å². The molecule has 2 amide bonds. The molecule has 0 aliphatic carbocycles. The summed E-state index contributed by atoms with van der Waals surface area (Å²) in [5.41, 5.74) is 0.509. The van der Waals surface area contributed by atoms with Gasteiger partial charge in [-0.15, -0.1) is 6.42 Å². The minimum Gasteiger partial charge on any atom is -0.268 e. The summed E-state index contributed by atoms with van der Waals surface area (Å²) in [6.07, 6.45) is 6.67. The molecule has 1 atom stereocenters. The molecular weight excluding hydrogens is 192 g/mol. The molecule has 1 aromatic rings. The molecule has 1 aliphatic rings. The van der Waals surface area contributed by atoms with Gasteiger partial charge >= 0.3 is 0 Å². The van der Waals surface area contributed by atoms with Gasteiger partial charge in [-0.05, 0) is 19.1 Å². The minimum atomic E-state index is -0.542. The van der Waals surface area contributed by atoms with E-state index in [1.165, 1.54) is 6.20 Å². The van der Waals surface area contributed by atoms with E-state index in [4.69, 9.17) is 6.42 Å². The van der Waals surface area contributed by atoms with Crippen LogP contribution in [0.25, 0.3) is 0 Å². The lowest BCUT2D eigenvalue weighted by Crippen LogP contribution is -2.37. The number of hydrogen-bond acceptors (Lipinski definition) is 3. The number of nitrogens with zero attached hydrogens (tertiary/aromatic N) is 2. The number of amides is 2. The van der Waals surface area contributed by atoms with Crippen molar-refractivity contribution < 1.29 is 9.59 Å². The van der Waals surface area contributed by atoms with Crippen molar-refractivity contribution in [3.63, 3.8) is 0 Å². The predicted octanol–water partition coefficient (Wildman–Crippen LogP) is 0.699. The lowest BCUT2D eigenvalue weighted by atomic mass is 10.2. The summed E-state index contributed by atoms with van der Waals surface area (Å²) in [5, 5.41) is 0. The fourth-order valence-electron chi connectivity index (χ4n) is 1.51. The third-order valence-electron chi connectivity index (χ3n) is 2.31. The lowest BCUT2D eigenvalue weighted by Gasteiger charge is -2.16. The van der Waals surface area contributed by atoms with Crippen LogP contribution in [-0.2, 0) is 0 Å². The van der Waals surface area contributed by atoms with Gasteiger partial charge in [-0.2, -0.15) is 0 Å². The Balaban J connectivity index is 2.51. The summed E-state index contributed by atoms with van der Waals surface area (Å²) in [4.78, 5) is 28.5. The number of pyridine rings is 1. The lowest BCUT2D eigenvalue weighted by molar-refractivity contribution is 0.0628. The SMILES string of the molecule is C#CC(C)N1C(=O)c2cccnc2C1=O. The van der Waals surface area contributed by atoms with Gasteiger partial charge in [0, 0.05) is 6.20 Å². The maximum Gasteiger partial charge on any atom is 0.281 e. The van der Waals surface area contributed by atoms with Gasteiger partial charge in [0.2, 0.25) is 0 Å². The van der Waals surface area contributed by atoms with Crippen molar-refractivity contribution in [2.24, 2.45) is 0 Å². The van der Waals surface area contributed by atoms with E-state index in [1.807, 2.05) is 0 Å². The molecular formula is C11H8N2O2. The maximum atomic E-state index is 11.8. The van der Waals surface area contributed by atoms with Crippen LogP contribution < -0.4 is 0 Å². The van der Waals surface area contributed by atoms with Crippen LogP contribution >= 0.6 is 0 Å². The van der Waals surface area contributed by atoms with Crippen LogP contribution in [0.3, 0.4) is 0 Å². The second kappa shape index (κ2) is 3.21. The quantitative estimate of drug-likeness (QED) is 0.495. The molecule has 4 nitrogen and oxygen atoms in total. The molecule has 1 aliphatic heterocycles. The second-order valence-corrected chi connectivity index (χ2v) is 3.22. The van der Waals surface area contributed by atoms with E-state index < -0.39 is 11.9 Å². The number of hydrogen-bond donors (Lipinski definition) is 0. The molecule has 0 bridgehead atoms. The van der Waals surface area contributed by atoms with E-state index in [-0.39, 0.29) is 11.6 Å². The Morgan fingerprint density at radius 2 is 2.20 bits per heavy atom. The van der Waals surface area contributed by atoms with Crippen LogP contribution in [0.5, 0.6) is 0 Å². The average Bonchev–Trinajstić information content (AvgIpc) is 2.52. The molecule has 0 radical (unpaired) electrons. The van der Waals surface area contributed by atoms with Crippen molar-refractivity contribution >= 4 is 11.8 Å². The van der Waals surface area contributed by atoms with Gasteiger partial charge in [0.1, 0.15) is 5.69 Å². The molecule has 1 aromatic heterocycles. The standard InChI is InChI=1S/C11H8N2O2/c1-3-7(2)13-10(14)8-5-4-6-12-9(8)11(13)15/h1,4-7H,2H3.